The van der Waals surface area contributed by atoms with Crippen molar-refractivity contribution in [1.29, 1.82) is 0 Å². The molecule has 5 heteroatoms. The minimum Gasteiger partial charge on any atom is -0.378 e. The van der Waals surface area contributed by atoms with Gasteiger partial charge in [-0.05, 0) is 24.2 Å². The van der Waals surface area contributed by atoms with Gasteiger partial charge in [-0.25, -0.2) is 0 Å². The Morgan fingerprint density at radius 3 is 2.12 bits per heavy atom. The summed E-state index contributed by atoms with van der Waals surface area (Å²) in [5, 5.41) is 1.20. The summed E-state index contributed by atoms with van der Waals surface area (Å²) in [5.41, 5.74) is 1.71. The standard InChI is InChI=1S/C20H36N2O2Si/c1-11-22(19(24-7)20(2,3)4)18(23)16-14-15(21(5)6)12-13-17(16)25(8,9)10/h12-14,19H,11H2,1-10H3. The van der Waals surface area contributed by atoms with E-state index in [1.807, 2.05) is 36.9 Å². The van der Waals surface area contributed by atoms with Gasteiger partial charge in [0.1, 0.15) is 6.23 Å². The number of carbonyl (C=O) groups excluding carboxylic acids is 1. The molecule has 1 amide bonds. The number of amides is 1. The minimum absolute atomic E-state index is 0.0606. The Bertz CT molecular complexity index is 601. The molecule has 142 valence electrons. The summed E-state index contributed by atoms with van der Waals surface area (Å²) in [6.07, 6.45) is -0.262. The predicted molar refractivity (Wildman–Crippen MR) is 111 cm³/mol. The van der Waals surface area contributed by atoms with Crippen LogP contribution in [0.5, 0.6) is 0 Å². The lowest BCUT2D eigenvalue weighted by atomic mass is 9.92. The van der Waals surface area contributed by atoms with E-state index in [1.54, 1.807) is 7.11 Å². The number of hydrogen-bond donors (Lipinski definition) is 0. The molecule has 0 aliphatic rings. The van der Waals surface area contributed by atoms with Gasteiger partial charge in [0.15, 0.2) is 0 Å². The van der Waals surface area contributed by atoms with Gasteiger partial charge in [-0.1, -0.05) is 46.5 Å². The lowest BCUT2D eigenvalue weighted by Gasteiger charge is -2.39. The smallest absolute Gasteiger partial charge is 0.255 e. The molecule has 0 heterocycles. The molecule has 1 aromatic carbocycles. The number of methoxy groups -OCH3 is 1. The van der Waals surface area contributed by atoms with Crippen molar-refractivity contribution in [1.82, 2.24) is 4.90 Å². The zero-order chi connectivity index (χ0) is 19.6. The Labute approximate surface area is 155 Å². The molecule has 1 rings (SSSR count). The van der Waals surface area contributed by atoms with Gasteiger partial charge in [-0.3, -0.25) is 4.79 Å². The predicted octanol–water partition coefficient (Wildman–Crippen LogP) is 3.78. The van der Waals surface area contributed by atoms with Gasteiger partial charge in [-0.15, -0.1) is 0 Å². The zero-order valence-corrected chi connectivity index (χ0v) is 18.7. The first-order valence-corrected chi connectivity index (χ1v) is 12.5. The van der Waals surface area contributed by atoms with Crippen molar-refractivity contribution in [2.75, 3.05) is 32.6 Å². The third-order valence-electron chi connectivity index (χ3n) is 4.41. The maximum absolute atomic E-state index is 13.5. The summed E-state index contributed by atoms with van der Waals surface area (Å²) >= 11 is 0. The average molecular weight is 365 g/mol. The molecule has 0 radical (unpaired) electrons. The topological polar surface area (TPSA) is 32.8 Å². The van der Waals surface area contributed by atoms with Crippen molar-refractivity contribution < 1.29 is 9.53 Å². The van der Waals surface area contributed by atoms with Gasteiger partial charge < -0.3 is 14.5 Å². The normalized spacial score (nSPS) is 13.5. The third kappa shape index (κ3) is 5.08. The van der Waals surface area contributed by atoms with E-state index in [9.17, 15) is 4.79 Å². The van der Waals surface area contributed by atoms with Crippen LogP contribution in [0.1, 0.15) is 38.1 Å². The molecule has 1 unspecified atom stereocenters. The van der Waals surface area contributed by atoms with Gasteiger partial charge in [0.05, 0.1) is 8.07 Å². The molecular formula is C20H36N2O2Si. The first-order valence-electron chi connectivity index (χ1n) is 9.00. The Kier molecular flexibility index (Phi) is 6.87. The summed E-state index contributed by atoms with van der Waals surface area (Å²) in [5.74, 6) is 0.0606. The van der Waals surface area contributed by atoms with Crippen LogP contribution >= 0.6 is 0 Å². The molecule has 0 saturated carbocycles. The van der Waals surface area contributed by atoms with Crippen LogP contribution in [0.3, 0.4) is 0 Å². The van der Waals surface area contributed by atoms with Crippen LogP contribution in [0, 0.1) is 5.41 Å². The van der Waals surface area contributed by atoms with E-state index in [0.717, 1.165) is 11.3 Å². The molecule has 25 heavy (non-hydrogen) atoms. The quantitative estimate of drug-likeness (QED) is 0.569. The first kappa shape index (κ1) is 21.7. The van der Waals surface area contributed by atoms with Crippen molar-refractivity contribution in [3.05, 3.63) is 23.8 Å². The molecule has 0 saturated heterocycles. The number of carbonyl (C=O) groups is 1. The van der Waals surface area contributed by atoms with Crippen LogP contribution in [0.15, 0.2) is 18.2 Å². The third-order valence-corrected chi connectivity index (χ3v) is 6.46. The molecule has 1 atom stereocenters. The van der Waals surface area contributed by atoms with Crippen LogP contribution in [-0.4, -0.2) is 52.9 Å². The van der Waals surface area contributed by atoms with Gasteiger partial charge in [0, 0.05) is 44.4 Å². The second-order valence-corrected chi connectivity index (χ2v) is 14.0. The number of benzene rings is 1. The van der Waals surface area contributed by atoms with E-state index < -0.39 is 8.07 Å². The second kappa shape index (κ2) is 7.91. The Balaban J connectivity index is 3.49. The van der Waals surface area contributed by atoms with Crippen molar-refractivity contribution in [3.63, 3.8) is 0 Å². The van der Waals surface area contributed by atoms with E-state index in [4.69, 9.17) is 4.74 Å². The molecule has 0 bridgehead atoms. The van der Waals surface area contributed by atoms with E-state index in [1.165, 1.54) is 5.19 Å². The second-order valence-electron chi connectivity index (χ2n) is 8.92. The maximum Gasteiger partial charge on any atom is 0.255 e. The molecule has 0 spiro atoms. The van der Waals surface area contributed by atoms with Gasteiger partial charge >= 0.3 is 0 Å². The summed E-state index contributed by atoms with van der Waals surface area (Å²) in [6, 6.07) is 6.29. The fourth-order valence-electron chi connectivity index (χ4n) is 3.16. The lowest BCUT2D eigenvalue weighted by Crippen LogP contribution is -2.51. The summed E-state index contributed by atoms with van der Waals surface area (Å²) in [6.45, 7) is 15.8. The monoisotopic (exact) mass is 364 g/mol. The number of anilines is 1. The molecule has 0 aromatic heterocycles. The van der Waals surface area contributed by atoms with Gasteiger partial charge in [0.2, 0.25) is 0 Å². The highest BCUT2D eigenvalue weighted by molar-refractivity contribution is 6.89. The van der Waals surface area contributed by atoms with E-state index in [-0.39, 0.29) is 17.6 Å². The number of hydrogen-bond acceptors (Lipinski definition) is 3. The van der Waals surface area contributed by atoms with Crippen LogP contribution in [-0.2, 0) is 4.74 Å². The molecule has 0 fully saturated rings. The highest BCUT2D eigenvalue weighted by Gasteiger charge is 2.35. The average Bonchev–Trinajstić information content (AvgIpc) is 2.48. The van der Waals surface area contributed by atoms with Crippen LogP contribution in [0.4, 0.5) is 5.69 Å². The van der Waals surface area contributed by atoms with Crippen molar-refractivity contribution >= 4 is 24.9 Å². The number of nitrogens with zero attached hydrogens (tertiary/aromatic N) is 2. The van der Waals surface area contributed by atoms with Crippen molar-refractivity contribution in [2.45, 2.75) is 53.6 Å². The molecular weight excluding hydrogens is 328 g/mol. The maximum atomic E-state index is 13.5. The van der Waals surface area contributed by atoms with E-state index >= 15 is 0 Å². The largest absolute Gasteiger partial charge is 0.378 e. The Morgan fingerprint density at radius 1 is 1.20 bits per heavy atom. The zero-order valence-electron chi connectivity index (χ0n) is 17.7. The van der Waals surface area contributed by atoms with Crippen molar-refractivity contribution in [2.24, 2.45) is 5.41 Å². The highest BCUT2D eigenvalue weighted by atomic mass is 28.3. The van der Waals surface area contributed by atoms with Crippen LogP contribution in [0.2, 0.25) is 19.6 Å². The van der Waals surface area contributed by atoms with Gasteiger partial charge in [0.25, 0.3) is 5.91 Å². The van der Waals surface area contributed by atoms with Crippen molar-refractivity contribution in [3.8, 4) is 0 Å². The number of ether oxygens (including phenoxy) is 1. The molecule has 4 nitrogen and oxygen atoms in total. The Hall–Kier alpha value is -1.33. The summed E-state index contributed by atoms with van der Waals surface area (Å²) in [7, 11) is 4.03. The summed E-state index contributed by atoms with van der Waals surface area (Å²) in [4.78, 5) is 17.4. The van der Waals surface area contributed by atoms with Crippen LogP contribution < -0.4 is 10.1 Å². The minimum atomic E-state index is -1.65. The number of rotatable bonds is 6. The molecule has 1 aromatic rings. The molecule has 0 aliphatic carbocycles. The van der Waals surface area contributed by atoms with E-state index in [0.29, 0.717) is 6.54 Å². The van der Waals surface area contributed by atoms with Gasteiger partial charge in [-0.2, -0.15) is 0 Å². The lowest BCUT2D eigenvalue weighted by molar-refractivity contribution is -0.0792. The summed E-state index contributed by atoms with van der Waals surface area (Å²) < 4.78 is 5.72. The highest BCUT2D eigenvalue weighted by Crippen LogP contribution is 2.27. The fraction of sp³-hybridized carbons (Fsp3) is 0.650. The molecule has 0 aliphatic heterocycles. The fourth-order valence-corrected chi connectivity index (χ4v) is 4.73. The van der Waals surface area contributed by atoms with Crippen LogP contribution in [0.25, 0.3) is 0 Å². The first-order chi connectivity index (χ1) is 11.3. The SMILES string of the molecule is CCN(C(=O)c1cc(N(C)C)ccc1[Si](C)(C)C)C(OC)C(C)(C)C. The molecule has 0 N–H and O–H groups in total. The Morgan fingerprint density at radius 2 is 1.76 bits per heavy atom. The van der Waals surface area contributed by atoms with E-state index in [2.05, 4.69) is 52.5 Å².